The number of allylic oxidation sites excluding steroid dienone is 4. The number of ether oxygens (including phenoxy) is 1. The lowest BCUT2D eigenvalue weighted by atomic mass is 9.73. The van der Waals surface area contributed by atoms with Gasteiger partial charge in [-0.15, -0.1) is 11.8 Å². The van der Waals surface area contributed by atoms with Crippen LogP contribution >= 0.6 is 11.8 Å². The van der Waals surface area contributed by atoms with Crippen molar-refractivity contribution in [2.75, 3.05) is 6.26 Å². The first kappa shape index (κ1) is 15.7. The molecule has 124 valence electrons. The number of ketones is 2. The van der Waals surface area contributed by atoms with Gasteiger partial charge in [0.2, 0.25) is 0 Å². The summed E-state index contributed by atoms with van der Waals surface area (Å²) in [5, 5.41) is 0. The number of carbonyl (C=O) groups excluding carboxylic acids is 2. The van der Waals surface area contributed by atoms with Gasteiger partial charge < -0.3 is 4.74 Å². The van der Waals surface area contributed by atoms with E-state index in [1.165, 1.54) is 4.90 Å². The summed E-state index contributed by atoms with van der Waals surface area (Å²) in [7, 11) is 0. The summed E-state index contributed by atoms with van der Waals surface area (Å²) < 4.78 is 6.05. The minimum absolute atomic E-state index is 0.139. The molecule has 0 bridgehead atoms. The maximum Gasteiger partial charge on any atom is 0.163 e. The normalized spacial score (nSPS) is 21.5. The van der Waals surface area contributed by atoms with E-state index in [0.717, 1.165) is 53.9 Å². The number of hydrogen-bond donors (Lipinski definition) is 0. The summed E-state index contributed by atoms with van der Waals surface area (Å²) in [6.07, 6.45) is 6.42. The summed E-state index contributed by atoms with van der Waals surface area (Å²) in [4.78, 5) is 26.5. The molecule has 24 heavy (non-hydrogen) atoms. The highest BCUT2D eigenvalue weighted by atomic mass is 32.2. The van der Waals surface area contributed by atoms with Gasteiger partial charge in [0.25, 0.3) is 0 Å². The Morgan fingerprint density at radius 1 is 0.875 bits per heavy atom. The number of benzene rings is 1. The molecule has 0 radical (unpaired) electrons. The SMILES string of the molecule is CSc1ccc(C2C3=C(CCCC3=O)OC3=C2C(=O)CCC3)cc1. The molecule has 0 unspecified atom stereocenters. The molecule has 0 amide bonds. The van der Waals surface area contributed by atoms with Crippen LogP contribution in [0.15, 0.2) is 51.8 Å². The quantitative estimate of drug-likeness (QED) is 0.742. The Bertz CT molecular complexity index is 729. The zero-order valence-corrected chi connectivity index (χ0v) is 14.6. The van der Waals surface area contributed by atoms with Gasteiger partial charge in [0.1, 0.15) is 11.5 Å². The maximum absolute atomic E-state index is 12.6. The fourth-order valence-electron chi connectivity index (χ4n) is 3.95. The van der Waals surface area contributed by atoms with E-state index >= 15 is 0 Å². The molecule has 2 aliphatic carbocycles. The molecule has 0 aromatic heterocycles. The van der Waals surface area contributed by atoms with E-state index < -0.39 is 0 Å². The molecule has 0 spiro atoms. The van der Waals surface area contributed by atoms with Crippen LogP contribution in [0.4, 0.5) is 0 Å². The minimum Gasteiger partial charge on any atom is -0.465 e. The average molecular weight is 340 g/mol. The van der Waals surface area contributed by atoms with Crippen LogP contribution in [0, 0.1) is 0 Å². The van der Waals surface area contributed by atoms with Gasteiger partial charge >= 0.3 is 0 Å². The monoisotopic (exact) mass is 340 g/mol. The van der Waals surface area contributed by atoms with Crippen molar-refractivity contribution in [1.82, 2.24) is 0 Å². The molecule has 0 atom stereocenters. The third-order valence-electron chi connectivity index (χ3n) is 5.09. The van der Waals surface area contributed by atoms with Crippen LogP contribution < -0.4 is 0 Å². The minimum atomic E-state index is -0.236. The van der Waals surface area contributed by atoms with Crippen molar-refractivity contribution in [3.05, 3.63) is 52.5 Å². The van der Waals surface area contributed by atoms with Crippen molar-refractivity contribution in [1.29, 1.82) is 0 Å². The summed E-state index contributed by atoms with van der Waals surface area (Å²) in [6, 6.07) is 8.24. The Morgan fingerprint density at radius 3 is 1.92 bits per heavy atom. The Morgan fingerprint density at radius 2 is 1.42 bits per heavy atom. The van der Waals surface area contributed by atoms with Crippen LogP contribution in [0.5, 0.6) is 0 Å². The Hall–Kier alpha value is -1.81. The van der Waals surface area contributed by atoms with Crippen molar-refractivity contribution >= 4 is 23.3 Å². The summed E-state index contributed by atoms with van der Waals surface area (Å²) >= 11 is 1.69. The molecule has 3 nitrogen and oxygen atoms in total. The van der Waals surface area contributed by atoms with Gasteiger partial charge in [0, 0.05) is 47.6 Å². The first-order chi connectivity index (χ1) is 11.7. The first-order valence-corrected chi connectivity index (χ1v) is 9.76. The van der Waals surface area contributed by atoms with Gasteiger partial charge in [0.15, 0.2) is 11.6 Å². The van der Waals surface area contributed by atoms with E-state index in [1.807, 2.05) is 6.26 Å². The van der Waals surface area contributed by atoms with Gasteiger partial charge in [-0.25, -0.2) is 0 Å². The van der Waals surface area contributed by atoms with Crippen LogP contribution in [0.1, 0.15) is 50.0 Å². The fourth-order valence-corrected chi connectivity index (χ4v) is 4.36. The van der Waals surface area contributed by atoms with Crippen LogP contribution in [0.2, 0.25) is 0 Å². The maximum atomic E-state index is 12.6. The van der Waals surface area contributed by atoms with Gasteiger partial charge in [0.05, 0.1) is 0 Å². The largest absolute Gasteiger partial charge is 0.465 e. The molecule has 1 heterocycles. The zero-order valence-electron chi connectivity index (χ0n) is 13.8. The first-order valence-electron chi connectivity index (χ1n) is 8.53. The lowest BCUT2D eigenvalue weighted by molar-refractivity contribution is -0.117. The van der Waals surface area contributed by atoms with Crippen molar-refractivity contribution < 1.29 is 14.3 Å². The van der Waals surface area contributed by atoms with E-state index in [0.29, 0.717) is 12.8 Å². The Balaban J connectivity index is 1.87. The lowest BCUT2D eigenvalue weighted by Crippen LogP contribution is -2.30. The van der Waals surface area contributed by atoms with Crippen molar-refractivity contribution in [3.8, 4) is 0 Å². The molecule has 1 aromatic rings. The fraction of sp³-hybridized carbons (Fsp3) is 0.400. The molecule has 0 saturated carbocycles. The highest BCUT2D eigenvalue weighted by Gasteiger charge is 2.41. The Kier molecular flexibility index (Phi) is 4.09. The van der Waals surface area contributed by atoms with Crippen LogP contribution in [0.3, 0.4) is 0 Å². The van der Waals surface area contributed by atoms with Crippen molar-refractivity contribution in [2.45, 2.75) is 49.3 Å². The molecule has 4 heteroatoms. The van der Waals surface area contributed by atoms with E-state index in [9.17, 15) is 9.59 Å². The number of carbonyl (C=O) groups is 2. The number of rotatable bonds is 2. The third kappa shape index (κ3) is 2.53. The van der Waals surface area contributed by atoms with Gasteiger partial charge in [-0.2, -0.15) is 0 Å². The topological polar surface area (TPSA) is 43.4 Å². The van der Waals surface area contributed by atoms with Crippen molar-refractivity contribution in [2.24, 2.45) is 0 Å². The Labute approximate surface area is 146 Å². The van der Waals surface area contributed by atoms with E-state index in [2.05, 4.69) is 24.3 Å². The predicted molar refractivity (Wildman–Crippen MR) is 93.8 cm³/mol. The summed E-state index contributed by atoms with van der Waals surface area (Å²) in [5.74, 6) is 1.65. The second-order valence-electron chi connectivity index (χ2n) is 6.54. The molecular weight excluding hydrogens is 320 g/mol. The van der Waals surface area contributed by atoms with Crippen molar-refractivity contribution in [3.63, 3.8) is 0 Å². The van der Waals surface area contributed by atoms with Crippen LogP contribution in [-0.4, -0.2) is 17.8 Å². The molecular formula is C20H20O3S. The zero-order chi connectivity index (χ0) is 16.7. The van der Waals surface area contributed by atoms with E-state index in [-0.39, 0.29) is 17.5 Å². The molecule has 0 saturated heterocycles. The number of hydrogen-bond acceptors (Lipinski definition) is 4. The second kappa shape index (κ2) is 6.25. The predicted octanol–water partition coefficient (Wildman–Crippen LogP) is 4.54. The summed E-state index contributed by atoms with van der Waals surface area (Å²) in [6.45, 7) is 0. The van der Waals surface area contributed by atoms with E-state index in [1.54, 1.807) is 11.8 Å². The van der Waals surface area contributed by atoms with Gasteiger partial charge in [-0.3, -0.25) is 9.59 Å². The molecule has 4 rings (SSSR count). The molecule has 3 aliphatic rings. The smallest absolute Gasteiger partial charge is 0.163 e. The lowest BCUT2D eigenvalue weighted by Gasteiger charge is -2.36. The highest BCUT2D eigenvalue weighted by Crippen LogP contribution is 2.47. The van der Waals surface area contributed by atoms with Gasteiger partial charge in [-0.1, -0.05) is 12.1 Å². The highest BCUT2D eigenvalue weighted by molar-refractivity contribution is 7.98. The third-order valence-corrected chi connectivity index (χ3v) is 5.83. The molecule has 0 fully saturated rings. The molecule has 0 N–H and O–H groups in total. The second-order valence-corrected chi connectivity index (χ2v) is 7.42. The van der Waals surface area contributed by atoms with E-state index in [4.69, 9.17) is 4.74 Å². The van der Waals surface area contributed by atoms with Gasteiger partial charge in [-0.05, 0) is 36.8 Å². The molecule has 1 aliphatic heterocycles. The average Bonchev–Trinajstić information content (AvgIpc) is 2.61. The summed E-state index contributed by atoms with van der Waals surface area (Å²) in [5.41, 5.74) is 2.49. The standard InChI is InChI=1S/C20H20O3S/c1-24-13-10-8-12(9-11-13)18-19-14(21)4-2-6-16(19)23-17-7-3-5-15(22)20(17)18/h8-11,18H,2-7H2,1H3. The number of thioether (sulfide) groups is 1. The van der Waals surface area contributed by atoms with Crippen LogP contribution in [-0.2, 0) is 14.3 Å². The van der Waals surface area contributed by atoms with Crippen LogP contribution in [0.25, 0.3) is 0 Å². The number of Topliss-reactive ketones (excluding diaryl/α,β-unsaturated/α-hetero) is 2. The molecule has 1 aromatic carbocycles.